The van der Waals surface area contributed by atoms with E-state index in [-0.39, 0.29) is 17.5 Å². The van der Waals surface area contributed by atoms with Gasteiger partial charge < -0.3 is 24.6 Å². The second kappa shape index (κ2) is 9.63. The van der Waals surface area contributed by atoms with Crippen LogP contribution in [0.15, 0.2) is 65.0 Å². The minimum atomic E-state index is -0.618. The number of hydrogen-bond acceptors (Lipinski definition) is 7. The van der Waals surface area contributed by atoms with Crippen molar-refractivity contribution in [3.63, 3.8) is 0 Å². The van der Waals surface area contributed by atoms with Crippen molar-refractivity contribution in [3.8, 4) is 17.2 Å². The largest absolute Gasteiger partial charge is 0.504 e. The monoisotopic (exact) mass is 463 g/mol. The van der Waals surface area contributed by atoms with E-state index in [1.165, 1.54) is 13.2 Å². The number of hydrogen-bond donors (Lipinski definition) is 2. The first-order valence-electron chi connectivity index (χ1n) is 11.3. The number of ether oxygens (including phenoxy) is 3. The van der Waals surface area contributed by atoms with E-state index < -0.39 is 11.9 Å². The van der Waals surface area contributed by atoms with Crippen LogP contribution in [0.25, 0.3) is 0 Å². The van der Waals surface area contributed by atoms with Crippen LogP contribution in [-0.2, 0) is 14.3 Å². The van der Waals surface area contributed by atoms with Crippen LogP contribution in [0.5, 0.6) is 17.2 Å². The lowest BCUT2D eigenvalue weighted by molar-refractivity contribution is -0.136. The topological polar surface area (TPSA) is 94.1 Å². The summed E-state index contributed by atoms with van der Waals surface area (Å²) in [5, 5.41) is 13.5. The van der Waals surface area contributed by atoms with Crippen molar-refractivity contribution in [2.45, 2.75) is 38.5 Å². The zero-order chi connectivity index (χ0) is 24.4. The molecule has 0 aromatic heterocycles. The summed E-state index contributed by atoms with van der Waals surface area (Å²) in [4.78, 5) is 26.4. The first-order chi connectivity index (χ1) is 16.4. The molecule has 0 fully saturated rings. The Morgan fingerprint density at radius 3 is 2.44 bits per heavy atom. The van der Waals surface area contributed by atoms with Crippen molar-refractivity contribution in [1.82, 2.24) is 5.32 Å². The average Bonchev–Trinajstić information content (AvgIpc) is 2.84. The minimum absolute atomic E-state index is 0.00333. The molecule has 2 aliphatic rings. The van der Waals surface area contributed by atoms with Crippen LogP contribution < -0.4 is 14.8 Å². The van der Waals surface area contributed by atoms with Gasteiger partial charge in [-0.25, -0.2) is 4.79 Å². The number of phenolic OH excluding ortho intramolecular Hbond substituents is 1. The zero-order valence-electron chi connectivity index (χ0n) is 19.8. The molecule has 2 aromatic carbocycles. The van der Waals surface area contributed by atoms with Gasteiger partial charge in [-0.15, -0.1) is 0 Å². The van der Waals surface area contributed by atoms with Gasteiger partial charge in [0.05, 0.1) is 26.4 Å². The fourth-order valence-corrected chi connectivity index (χ4v) is 4.85. The van der Waals surface area contributed by atoms with Crippen molar-refractivity contribution in [1.29, 1.82) is 0 Å². The number of dihydropyridines is 1. The number of rotatable bonds is 6. The van der Waals surface area contributed by atoms with E-state index in [9.17, 15) is 14.7 Å². The fourth-order valence-electron chi connectivity index (χ4n) is 4.85. The van der Waals surface area contributed by atoms with Gasteiger partial charge in [0.1, 0.15) is 5.75 Å². The Kier molecular flexibility index (Phi) is 6.63. The van der Waals surface area contributed by atoms with Crippen LogP contribution in [0.2, 0.25) is 0 Å². The molecule has 0 radical (unpaired) electrons. The molecule has 2 aromatic rings. The van der Waals surface area contributed by atoms with Gasteiger partial charge >= 0.3 is 5.97 Å². The number of nitrogens with one attached hydrogen (secondary N) is 1. The predicted molar refractivity (Wildman–Crippen MR) is 127 cm³/mol. The summed E-state index contributed by atoms with van der Waals surface area (Å²) in [6.07, 6.45) is 0.958. The van der Waals surface area contributed by atoms with Gasteiger partial charge in [0.2, 0.25) is 0 Å². The molecule has 2 N–H and O–H groups in total. The Bertz CT molecular complexity index is 1180. The molecule has 0 bridgehead atoms. The quantitative estimate of drug-likeness (QED) is 0.616. The maximum Gasteiger partial charge on any atom is 0.336 e. The molecule has 7 nitrogen and oxygen atoms in total. The normalized spacial score (nSPS) is 19.9. The zero-order valence-corrected chi connectivity index (χ0v) is 19.8. The van der Waals surface area contributed by atoms with E-state index in [0.29, 0.717) is 47.6 Å². The number of esters is 1. The van der Waals surface area contributed by atoms with Gasteiger partial charge in [-0.2, -0.15) is 0 Å². The molecule has 1 heterocycles. The standard InChI is InChI=1S/C27H29NO6/c1-5-34-23-14-17(8-11-21(23)29)25-24(27(31)33-4)15(2)28-20-12-18(13-22(30)26(20)25)16-6-9-19(32-3)10-7-16/h6-11,14,18,25,28-29H,5,12-13H2,1-4H3/t18-,25-/m1/s1. The van der Waals surface area contributed by atoms with Crippen LogP contribution in [-0.4, -0.2) is 37.7 Å². The van der Waals surface area contributed by atoms with Crippen LogP contribution in [0, 0.1) is 0 Å². The summed E-state index contributed by atoms with van der Waals surface area (Å²) in [5.74, 6) is -0.0623. The van der Waals surface area contributed by atoms with Gasteiger partial charge in [-0.05, 0) is 61.6 Å². The number of ketones is 1. The SMILES string of the molecule is CCOc1cc([C@@H]2C(C(=O)OC)=C(C)NC3=C2C(=O)C[C@H](c2ccc(OC)cc2)C3)ccc1O. The highest BCUT2D eigenvalue weighted by molar-refractivity contribution is 6.04. The Morgan fingerprint density at radius 1 is 1.09 bits per heavy atom. The molecule has 7 heteroatoms. The average molecular weight is 464 g/mol. The van der Waals surface area contributed by atoms with Crippen molar-refractivity contribution in [2.24, 2.45) is 0 Å². The number of phenols is 1. The van der Waals surface area contributed by atoms with Crippen LogP contribution in [0.1, 0.15) is 49.7 Å². The molecule has 0 unspecified atom stereocenters. The Labute approximate surface area is 199 Å². The van der Waals surface area contributed by atoms with Gasteiger partial charge in [-0.1, -0.05) is 18.2 Å². The van der Waals surface area contributed by atoms with Gasteiger partial charge in [0.15, 0.2) is 17.3 Å². The fraction of sp³-hybridized carbons (Fsp3) is 0.333. The minimum Gasteiger partial charge on any atom is -0.504 e. The molecule has 1 aliphatic carbocycles. The molecule has 178 valence electrons. The Balaban J connectivity index is 1.79. The number of benzene rings is 2. The summed E-state index contributed by atoms with van der Waals surface area (Å²) in [6.45, 7) is 4.01. The van der Waals surface area contributed by atoms with Crippen LogP contribution in [0.3, 0.4) is 0 Å². The molecule has 0 spiro atoms. The second-order valence-corrected chi connectivity index (χ2v) is 8.44. The maximum atomic E-state index is 13.6. The smallest absolute Gasteiger partial charge is 0.336 e. The third-order valence-corrected chi connectivity index (χ3v) is 6.44. The first-order valence-corrected chi connectivity index (χ1v) is 11.3. The number of carbonyl (C=O) groups excluding carboxylic acids is 2. The number of Topliss-reactive ketones (excluding diaryl/α,β-unsaturated/α-hetero) is 1. The van der Waals surface area contributed by atoms with E-state index in [0.717, 1.165) is 17.0 Å². The Hall–Kier alpha value is -3.74. The van der Waals surface area contributed by atoms with Gasteiger partial charge in [0.25, 0.3) is 0 Å². The van der Waals surface area contributed by atoms with E-state index in [1.54, 1.807) is 19.2 Å². The van der Waals surface area contributed by atoms with Gasteiger partial charge in [-0.3, -0.25) is 4.79 Å². The number of aromatic hydroxyl groups is 1. The van der Waals surface area contributed by atoms with E-state index in [1.807, 2.05) is 38.1 Å². The summed E-state index contributed by atoms with van der Waals surface area (Å²) >= 11 is 0. The lowest BCUT2D eigenvalue weighted by Gasteiger charge is -2.36. The van der Waals surface area contributed by atoms with Crippen molar-refractivity contribution in [3.05, 3.63) is 76.1 Å². The molecule has 0 saturated carbocycles. The number of methoxy groups -OCH3 is 2. The Morgan fingerprint density at radius 2 is 1.79 bits per heavy atom. The lowest BCUT2D eigenvalue weighted by atomic mass is 9.71. The molecule has 0 saturated heterocycles. The van der Waals surface area contributed by atoms with E-state index in [4.69, 9.17) is 14.2 Å². The summed E-state index contributed by atoms with van der Waals surface area (Å²) in [5.41, 5.74) is 4.13. The van der Waals surface area contributed by atoms with Crippen molar-refractivity contribution >= 4 is 11.8 Å². The van der Waals surface area contributed by atoms with Crippen LogP contribution >= 0.6 is 0 Å². The number of allylic oxidation sites excluding steroid dienone is 3. The summed E-state index contributed by atoms with van der Waals surface area (Å²) < 4.78 is 15.9. The lowest BCUT2D eigenvalue weighted by Crippen LogP contribution is -2.36. The summed E-state index contributed by atoms with van der Waals surface area (Å²) in [6, 6.07) is 12.7. The number of carbonyl (C=O) groups is 2. The van der Waals surface area contributed by atoms with E-state index in [2.05, 4.69) is 5.32 Å². The second-order valence-electron chi connectivity index (χ2n) is 8.44. The highest BCUT2D eigenvalue weighted by atomic mass is 16.5. The molecule has 4 rings (SSSR count). The van der Waals surface area contributed by atoms with Crippen LogP contribution in [0.4, 0.5) is 0 Å². The first kappa shape index (κ1) is 23.4. The molecule has 0 amide bonds. The highest BCUT2D eigenvalue weighted by Gasteiger charge is 2.41. The molecular weight excluding hydrogens is 434 g/mol. The predicted octanol–water partition coefficient (Wildman–Crippen LogP) is 4.33. The highest BCUT2D eigenvalue weighted by Crippen LogP contribution is 2.47. The molecule has 2 atom stereocenters. The maximum absolute atomic E-state index is 13.6. The third kappa shape index (κ3) is 4.25. The molecule has 1 aliphatic heterocycles. The summed E-state index contributed by atoms with van der Waals surface area (Å²) in [7, 11) is 2.95. The van der Waals surface area contributed by atoms with Gasteiger partial charge in [0, 0.05) is 29.3 Å². The van der Waals surface area contributed by atoms with Crippen molar-refractivity contribution in [2.75, 3.05) is 20.8 Å². The van der Waals surface area contributed by atoms with E-state index >= 15 is 0 Å². The molecular formula is C27H29NO6. The molecule has 34 heavy (non-hydrogen) atoms. The van der Waals surface area contributed by atoms with Crippen molar-refractivity contribution < 1.29 is 28.9 Å². The third-order valence-electron chi connectivity index (χ3n) is 6.44.